The van der Waals surface area contributed by atoms with Gasteiger partial charge in [-0.25, -0.2) is 4.98 Å². The largest absolute Gasteiger partial charge is 0.382 e. The monoisotopic (exact) mass is 244 g/mol. The number of hydrogen-bond donors (Lipinski definition) is 2. The van der Waals surface area contributed by atoms with E-state index < -0.39 is 0 Å². The van der Waals surface area contributed by atoms with Crippen molar-refractivity contribution >= 4 is 5.82 Å². The van der Waals surface area contributed by atoms with Crippen LogP contribution in [0.15, 0.2) is 36.8 Å². The van der Waals surface area contributed by atoms with Crippen LogP contribution >= 0.6 is 0 Å². The molecule has 0 saturated heterocycles. The highest BCUT2D eigenvalue weighted by molar-refractivity contribution is 5.25. The standard InChI is InChI=1S/C14H20N4/c1-12-5-2-3-6-13(12)9-16-7-4-8-18-10-14(15)17-11-18/h2-3,5-6,10-11,16H,4,7-9,15H2,1H3. The Bertz CT molecular complexity index is 490. The molecule has 0 atom stereocenters. The van der Waals surface area contributed by atoms with Gasteiger partial charge in [0.05, 0.1) is 6.33 Å². The van der Waals surface area contributed by atoms with Crippen LogP contribution in [0.5, 0.6) is 0 Å². The normalized spacial score (nSPS) is 10.7. The van der Waals surface area contributed by atoms with Crippen molar-refractivity contribution in [3.8, 4) is 0 Å². The third kappa shape index (κ3) is 3.60. The van der Waals surface area contributed by atoms with E-state index in [1.54, 1.807) is 6.33 Å². The Kier molecular flexibility index (Phi) is 4.36. The molecule has 0 amide bonds. The van der Waals surface area contributed by atoms with Gasteiger partial charge in [0.2, 0.25) is 0 Å². The van der Waals surface area contributed by atoms with E-state index in [1.165, 1.54) is 11.1 Å². The summed E-state index contributed by atoms with van der Waals surface area (Å²) in [6.07, 6.45) is 4.71. The number of aromatic nitrogens is 2. The van der Waals surface area contributed by atoms with Crippen LogP contribution in [-0.4, -0.2) is 16.1 Å². The van der Waals surface area contributed by atoms with Crippen LogP contribution in [0.25, 0.3) is 0 Å². The molecule has 0 aliphatic heterocycles. The van der Waals surface area contributed by atoms with Gasteiger partial charge in [-0.05, 0) is 31.0 Å². The predicted molar refractivity (Wildman–Crippen MR) is 74.1 cm³/mol. The summed E-state index contributed by atoms with van der Waals surface area (Å²) in [4.78, 5) is 4.00. The quantitative estimate of drug-likeness (QED) is 0.764. The van der Waals surface area contributed by atoms with Crippen molar-refractivity contribution < 1.29 is 0 Å². The molecule has 1 aromatic heterocycles. The van der Waals surface area contributed by atoms with Crippen LogP contribution in [0.2, 0.25) is 0 Å². The number of nitrogens with one attached hydrogen (secondary N) is 1. The van der Waals surface area contributed by atoms with Gasteiger partial charge in [-0.2, -0.15) is 0 Å². The van der Waals surface area contributed by atoms with E-state index in [0.717, 1.165) is 26.1 Å². The number of hydrogen-bond acceptors (Lipinski definition) is 3. The van der Waals surface area contributed by atoms with Crippen molar-refractivity contribution in [2.24, 2.45) is 0 Å². The molecule has 0 bridgehead atoms. The van der Waals surface area contributed by atoms with Gasteiger partial charge < -0.3 is 15.6 Å². The Hall–Kier alpha value is -1.81. The fourth-order valence-corrected chi connectivity index (χ4v) is 1.92. The van der Waals surface area contributed by atoms with Crippen LogP contribution < -0.4 is 11.1 Å². The molecule has 0 saturated carbocycles. The first-order chi connectivity index (χ1) is 8.75. The smallest absolute Gasteiger partial charge is 0.141 e. The minimum absolute atomic E-state index is 0.586. The van der Waals surface area contributed by atoms with Crippen LogP contribution in [0, 0.1) is 6.92 Å². The zero-order valence-corrected chi connectivity index (χ0v) is 10.8. The van der Waals surface area contributed by atoms with E-state index in [4.69, 9.17) is 5.73 Å². The zero-order chi connectivity index (χ0) is 12.8. The summed E-state index contributed by atoms with van der Waals surface area (Å²) in [7, 11) is 0. The van der Waals surface area contributed by atoms with Gasteiger partial charge in [0.25, 0.3) is 0 Å². The number of benzene rings is 1. The molecule has 4 nitrogen and oxygen atoms in total. The van der Waals surface area contributed by atoms with E-state index in [-0.39, 0.29) is 0 Å². The Morgan fingerprint density at radius 3 is 2.89 bits per heavy atom. The summed E-state index contributed by atoms with van der Waals surface area (Å²) in [6.45, 7) is 5.02. The van der Waals surface area contributed by atoms with Crippen LogP contribution in [0.3, 0.4) is 0 Å². The molecule has 0 aliphatic rings. The molecule has 0 radical (unpaired) electrons. The van der Waals surface area contributed by atoms with Crippen molar-refractivity contribution in [2.45, 2.75) is 26.4 Å². The van der Waals surface area contributed by atoms with E-state index in [1.807, 2.05) is 10.8 Å². The average Bonchev–Trinajstić information content (AvgIpc) is 2.77. The first-order valence-electron chi connectivity index (χ1n) is 6.28. The maximum absolute atomic E-state index is 5.55. The molecular formula is C14H20N4. The van der Waals surface area contributed by atoms with Gasteiger partial charge in [-0.1, -0.05) is 24.3 Å². The Balaban J connectivity index is 1.66. The zero-order valence-electron chi connectivity index (χ0n) is 10.8. The highest BCUT2D eigenvalue weighted by Gasteiger charge is 1.97. The SMILES string of the molecule is Cc1ccccc1CNCCCn1cnc(N)c1. The second kappa shape index (κ2) is 6.21. The van der Waals surface area contributed by atoms with Crippen molar-refractivity contribution in [3.63, 3.8) is 0 Å². The summed E-state index contributed by atoms with van der Waals surface area (Å²) in [6, 6.07) is 8.46. The molecule has 1 heterocycles. The molecule has 2 aromatic rings. The summed E-state index contributed by atoms with van der Waals surface area (Å²) >= 11 is 0. The fraction of sp³-hybridized carbons (Fsp3) is 0.357. The van der Waals surface area contributed by atoms with Crippen LogP contribution in [0.1, 0.15) is 17.5 Å². The highest BCUT2D eigenvalue weighted by Crippen LogP contribution is 2.06. The van der Waals surface area contributed by atoms with Gasteiger partial charge in [0.15, 0.2) is 0 Å². The van der Waals surface area contributed by atoms with E-state index in [9.17, 15) is 0 Å². The van der Waals surface area contributed by atoms with E-state index >= 15 is 0 Å². The van der Waals surface area contributed by atoms with Crippen molar-refractivity contribution in [1.29, 1.82) is 0 Å². The third-order valence-corrected chi connectivity index (χ3v) is 3.00. The maximum Gasteiger partial charge on any atom is 0.141 e. The molecule has 18 heavy (non-hydrogen) atoms. The number of aryl methyl sites for hydroxylation is 2. The summed E-state index contributed by atoms with van der Waals surface area (Å²) in [5, 5.41) is 3.45. The number of nitrogen functional groups attached to an aromatic ring is 1. The lowest BCUT2D eigenvalue weighted by molar-refractivity contribution is 0.580. The molecule has 0 unspecified atom stereocenters. The Morgan fingerprint density at radius 1 is 1.33 bits per heavy atom. The molecule has 4 heteroatoms. The second-order valence-electron chi connectivity index (χ2n) is 4.49. The summed E-state index contributed by atoms with van der Waals surface area (Å²) < 4.78 is 2.02. The van der Waals surface area contributed by atoms with Gasteiger partial charge in [0.1, 0.15) is 5.82 Å². The molecule has 96 valence electrons. The molecule has 0 aliphatic carbocycles. The van der Waals surface area contributed by atoms with E-state index in [2.05, 4.69) is 41.5 Å². The van der Waals surface area contributed by atoms with Crippen LogP contribution in [-0.2, 0) is 13.1 Å². The number of nitrogens with two attached hydrogens (primary N) is 1. The van der Waals surface area contributed by atoms with Gasteiger partial charge in [0, 0.05) is 19.3 Å². The number of anilines is 1. The van der Waals surface area contributed by atoms with Gasteiger partial charge in [-0.15, -0.1) is 0 Å². The molecular weight excluding hydrogens is 224 g/mol. The first kappa shape index (κ1) is 12.6. The molecule has 2 rings (SSSR count). The number of rotatable bonds is 6. The lowest BCUT2D eigenvalue weighted by atomic mass is 10.1. The van der Waals surface area contributed by atoms with Crippen molar-refractivity contribution in [2.75, 3.05) is 12.3 Å². The number of nitrogens with zero attached hydrogens (tertiary/aromatic N) is 2. The minimum atomic E-state index is 0.586. The lowest BCUT2D eigenvalue weighted by Crippen LogP contribution is -2.16. The van der Waals surface area contributed by atoms with Crippen molar-refractivity contribution in [1.82, 2.24) is 14.9 Å². The Labute approximate surface area is 108 Å². The fourth-order valence-electron chi connectivity index (χ4n) is 1.92. The van der Waals surface area contributed by atoms with E-state index in [0.29, 0.717) is 5.82 Å². The predicted octanol–water partition coefficient (Wildman–Crippen LogP) is 1.95. The summed E-state index contributed by atoms with van der Waals surface area (Å²) in [5.74, 6) is 0.586. The molecule has 0 fully saturated rings. The topological polar surface area (TPSA) is 55.9 Å². The maximum atomic E-state index is 5.55. The number of imidazole rings is 1. The average molecular weight is 244 g/mol. The Morgan fingerprint density at radius 2 is 2.17 bits per heavy atom. The van der Waals surface area contributed by atoms with Gasteiger partial charge >= 0.3 is 0 Å². The lowest BCUT2D eigenvalue weighted by Gasteiger charge is -2.07. The summed E-state index contributed by atoms with van der Waals surface area (Å²) in [5.41, 5.74) is 8.26. The van der Waals surface area contributed by atoms with Gasteiger partial charge in [-0.3, -0.25) is 0 Å². The van der Waals surface area contributed by atoms with Crippen molar-refractivity contribution in [3.05, 3.63) is 47.9 Å². The molecule has 0 spiro atoms. The third-order valence-electron chi connectivity index (χ3n) is 3.00. The first-order valence-corrected chi connectivity index (χ1v) is 6.28. The van der Waals surface area contributed by atoms with Crippen LogP contribution in [0.4, 0.5) is 5.82 Å². The molecule has 3 N–H and O–H groups in total. The highest BCUT2D eigenvalue weighted by atomic mass is 15.1. The second-order valence-corrected chi connectivity index (χ2v) is 4.49. The minimum Gasteiger partial charge on any atom is -0.382 e. The molecule has 1 aromatic carbocycles.